The Morgan fingerprint density at radius 3 is 2.46 bits per heavy atom. The Labute approximate surface area is 167 Å². The molecule has 1 aliphatic heterocycles. The second-order valence-electron chi connectivity index (χ2n) is 8.17. The summed E-state index contributed by atoms with van der Waals surface area (Å²) < 4.78 is 0. The zero-order valence-electron chi connectivity index (χ0n) is 16.7. The number of hydrogen-bond acceptors (Lipinski definition) is 4. The number of nitrogens with zero attached hydrogens (tertiary/aromatic N) is 2. The lowest BCUT2D eigenvalue weighted by Crippen LogP contribution is -2.32. The molecule has 0 aromatic heterocycles. The van der Waals surface area contributed by atoms with Crippen molar-refractivity contribution < 1.29 is 14.4 Å². The maximum atomic E-state index is 12.3. The SMILES string of the molecule is CN(CCCC(=O)Nc1ccc(C=O)cc1)C(=O)CCN1CC2CCCC2C1. The highest BCUT2D eigenvalue weighted by molar-refractivity contribution is 5.91. The first-order chi connectivity index (χ1) is 13.5. The molecule has 2 fully saturated rings. The molecule has 0 bridgehead atoms. The summed E-state index contributed by atoms with van der Waals surface area (Å²) in [5.41, 5.74) is 1.26. The molecule has 1 N–H and O–H groups in total. The van der Waals surface area contributed by atoms with Crippen LogP contribution in [0.5, 0.6) is 0 Å². The van der Waals surface area contributed by atoms with Crippen molar-refractivity contribution in [2.24, 2.45) is 11.8 Å². The van der Waals surface area contributed by atoms with E-state index in [9.17, 15) is 14.4 Å². The number of benzene rings is 1. The lowest BCUT2D eigenvalue weighted by Gasteiger charge is -2.20. The largest absolute Gasteiger partial charge is 0.346 e. The van der Waals surface area contributed by atoms with Crippen LogP contribution in [0, 0.1) is 11.8 Å². The van der Waals surface area contributed by atoms with E-state index in [1.165, 1.54) is 19.3 Å². The summed E-state index contributed by atoms with van der Waals surface area (Å²) in [7, 11) is 1.82. The molecule has 1 aliphatic carbocycles. The van der Waals surface area contributed by atoms with Crippen molar-refractivity contribution in [3.8, 4) is 0 Å². The molecule has 152 valence electrons. The zero-order valence-corrected chi connectivity index (χ0v) is 16.7. The van der Waals surface area contributed by atoms with E-state index < -0.39 is 0 Å². The van der Waals surface area contributed by atoms with Crippen molar-refractivity contribution in [1.29, 1.82) is 0 Å². The number of carbonyl (C=O) groups excluding carboxylic acids is 3. The van der Waals surface area contributed by atoms with Gasteiger partial charge in [-0.1, -0.05) is 6.42 Å². The molecule has 1 saturated carbocycles. The van der Waals surface area contributed by atoms with Crippen LogP contribution in [0.3, 0.4) is 0 Å². The molecule has 2 aliphatic rings. The average molecular weight is 386 g/mol. The van der Waals surface area contributed by atoms with Crippen LogP contribution in [0.25, 0.3) is 0 Å². The van der Waals surface area contributed by atoms with E-state index >= 15 is 0 Å². The van der Waals surface area contributed by atoms with Gasteiger partial charge in [-0.2, -0.15) is 0 Å². The first kappa shape index (κ1) is 20.5. The van der Waals surface area contributed by atoms with Crippen molar-refractivity contribution in [2.45, 2.75) is 38.5 Å². The first-order valence-corrected chi connectivity index (χ1v) is 10.4. The number of hydrogen-bond donors (Lipinski definition) is 1. The molecule has 6 heteroatoms. The lowest BCUT2D eigenvalue weighted by atomic mass is 10.0. The van der Waals surface area contributed by atoms with Gasteiger partial charge in [-0.25, -0.2) is 0 Å². The fraction of sp³-hybridized carbons (Fsp3) is 0.591. The highest BCUT2D eigenvalue weighted by Crippen LogP contribution is 2.37. The molecule has 6 nitrogen and oxygen atoms in total. The molecule has 1 aromatic carbocycles. The van der Waals surface area contributed by atoms with Crippen LogP contribution in [0.2, 0.25) is 0 Å². The molecular formula is C22H31N3O3. The number of rotatable bonds is 9. The molecule has 1 saturated heterocycles. The Morgan fingerprint density at radius 2 is 1.82 bits per heavy atom. The molecule has 28 heavy (non-hydrogen) atoms. The number of nitrogens with one attached hydrogen (secondary N) is 1. The van der Waals surface area contributed by atoms with Gasteiger partial charge in [0.25, 0.3) is 0 Å². The van der Waals surface area contributed by atoms with E-state index in [-0.39, 0.29) is 11.8 Å². The van der Waals surface area contributed by atoms with Crippen molar-refractivity contribution in [2.75, 3.05) is 38.5 Å². The second kappa shape index (κ2) is 9.82. The number of fused-ring (bicyclic) bond motifs is 1. The monoisotopic (exact) mass is 385 g/mol. The van der Waals surface area contributed by atoms with Crippen molar-refractivity contribution in [3.05, 3.63) is 29.8 Å². The third kappa shape index (κ3) is 5.64. The Hall–Kier alpha value is -2.21. The first-order valence-electron chi connectivity index (χ1n) is 10.4. The number of likely N-dealkylation sites (tertiary alicyclic amines) is 1. The smallest absolute Gasteiger partial charge is 0.224 e. The lowest BCUT2D eigenvalue weighted by molar-refractivity contribution is -0.130. The minimum absolute atomic E-state index is 0.0803. The highest BCUT2D eigenvalue weighted by atomic mass is 16.2. The Morgan fingerprint density at radius 1 is 1.14 bits per heavy atom. The molecule has 1 heterocycles. The second-order valence-corrected chi connectivity index (χ2v) is 8.17. The summed E-state index contributed by atoms with van der Waals surface area (Å²) in [6, 6.07) is 6.76. The minimum Gasteiger partial charge on any atom is -0.346 e. The Kier molecular flexibility index (Phi) is 7.20. The molecule has 1 aromatic rings. The Bertz CT molecular complexity index is 677. The highest BCUT2D eigenvalue weighted by Gasteiger charge is 2.35. The van der Waals surface area contributed by atoms with E-state index in [0.717, 1.165) is 37.8 Å². The number of carbonyl (C=O) groups is 3. The van der Waals surface area contributed by atoms with E-state index in [1.807, 2.05) is 7.05 Å². The predicted molar refractivity (Wildman–Crippen MR) is 109 cm³/mol. The van der Waals surface area contributed by atoms with Crippen LogP contribution >= 0.6 is 0 Å². The fourth-order valence-electron chi connectivity index (χ4n) is 4.43. The van der Waals surface area contributed by atoms with Crippen molar-refractivity contribution >= 4 is 23.8 Å². The maximum absolute atomic E-state index is 12.3. The van der Waals surface area contributed by atoms with Crippen LogP contribution in [0.4, 0.5) is 5.69 Å². The molecule has 2 atom stereocenters. The molecular weight excluding hydrogens is 354 g/mol. The van der Waals surface area contributed by atoms with Gasteiger partial charge >= 0.3 is 0 Å². The van der Waals surface area contributed by atoms with Crippen LogP contribution in [0.1, 0.15) is 48.9 Å². The van der Waals surface area contributed by atoms with Crippen molar-refractivity contribution in [3.63, 3.8) is 0 Å². The average Bonchev–Trinajstić information content (AvgIpc) is 3.28. The summed E-state index contributed by atoms with van der Waals surface area (Å²) in [6.45, 7) is 3.76. The van der Waals surface area contributed by atoms with Gasteiger partial charge in [0.05, 0.1) is 0 Å². The Balaban J connectivity index is 1.29. The quantitative estimate of drug-likeness (QED) is 0.664. The van der Waals surface area contributed by atoms with Gasteiger partial charge in [0.15, 0.2) is 0 Å². The normalized spacial score (nSPS) is 21.3. The van der Waals surface area contributed by atoms with Gasteiger partial charge in [-0.3, -0.25) is 14.4 Å². The van der Waals surface area contributed by atoms with Gasteiger partial charge in [-0.15, -0.1) is 0 Å². The van der Waals surface area contributed by atoms with Gasteiger partial charge in [0.2, 0.25) is 11.8 Å². The van der Waals surface area contributed by atoms with Gasteiger partial charge in [0, 0.05) is 57.3 Å². The van der Waals surface area contributed by atoms with Crippen LogP contribution in [-0.2, 0) is 9.59 Å². The van der Waals surface area contributed by atoms with E-state index in [1.54, 1.807) is 29.2 Å². The summed E-state index contributed by atoms with van der Waals surface area (Å²) >= 11 is 0. The standard InChI is InChI=1S/C22H31N3O3/c1-24(22(28)11-13-25-14-18-4-2-5-19(18)15-25)12-3-6-21(27)23-20-9-7-17(16-26)8-10-20/h7-10,16,18-19H,2-6,11-15H2,1H3,(H,23,27). The summed E-state index contributed by atoms with van der Waals surface area (Å²) in [5.74, 6) is 1.80. The van der Waals surface area contributed by atoms with Gasteiger partial charge in [0.1, 0.15) is 6.29 Å². The summed E-state index contributed by atoms with van der Waals surface area (Å²) in [5, 5.41) is 2.81. The predicted octanol–water partition coefficient (Wildman–Crippen LogP) is 2.80. The third-order valence-corrected chi connectivity index (χ3v) is 6.10. The van der Waals surface area contributed by atoms with Gasteiger partial charge in [-0.05, 0) is 55.4 Å². The zero-order chi connectivity index (χ0) is 19.9. The van der Waals surface area contributed by atoms with E-state index in [4.69, 9.17) is 0 Å². The number of anilines is 1. The molecule has 2 unspecified atom stereocenters. The number of aldehydes is 1. The van der Waals surface area contributed by atoms with Crippen LogP contribution < -0.4 is 5.32 Å². The number of amides is 2. The molecule has 2 amide bonds. The van der Waals surface area contributed by atoms with Crippen LogP contribution in [-0.4, -0.2) is 61.1 Å². The van der Waals surface area contributed by atoms with E-state index in [0.29, 0.717) is 37.1 Å². The molecule has 3 rings (SSSR count). The van der Waals surface area contributed by atoms with E-state index in [2.05, 4.69) is 10.2 Å². The fourth-order valence-corrected chi connectivity index (χ4v) is 4.43. The minimum atomic E-state index is -0.0803. The summed E-state index contributed by atoms with van der Waals surface area (Å²) in [4.78, 5) is 39.2. The van der Waals surface area contributed by atoms with Crippen molar-refractivity contribution in [1.82, 2.24) is 9.80 Å². The molecule has 0 radical (unpaired) electrons. The maximum Gasteiger partial charge on any atom is 0.224 e. The topological polar surface area (TPSA) is 69.7 Å². The van der Waals surface area contributed by atoms with Crippen LogP contribution in [0.15, 0.2) is 24.3 Å². The third-order valence-electron chi connectivity index (χ3n) is 6.10. The van der Waals surface area contributed by atoms with Gasteiger partial charge < -0.3 is 15.1 Å². The summed E-state index contributed by atoms with van der Waals surface area (Å²) in [6.07, 6.45) is 6.43. The molecule has 0 spiro atoms.